The van der Waals surface area contributed by atoms with Crippen LogP contribution in [0.4, 0.5) is 10.1 Å². The molecule has 0 bridgehead atoms. The zero-order chi connectivity index (χ0) is 19.2. The predicted octanol–water partition coefficient (Wildman–Crippen LogP) is 1.78. The number of anilines is 1. The van der Waals surface area contributed by atoms with Gasteiger partial charge in [0, 0.05) is 45.0 Å². The highest BCUT2D eigenvalue weighted by atomic mass is 19.1. The second-order valence-electron chi connectivity index (χ2n) is 7.43. The van der Waals surface area contributed by atoms with Crippen LogP contribution >= 0.6 is 0 Å². The fourth-order valence-corrected chi connectivity index (χ4v) is 3.69. The first-order chi connectivity index (χ1) is 13.0. The molecule has 7 heteroatoms. The molecule has 1 aromatic carbocycles. The number of nitrogens with one attached hydrogen (secondary N) is 1. The van der Waals surface area contributed by atoms with Crippen molar-refractivity contribution < 1.29 is 14.0 Å². The number of amides is 2. The van der Waals surface area contributed by atoms with Crippen molar-refractivity contribution in [1.82, 2.24) is 14.7 Å². The van der Waals surface area contributed by atoms with E-state index in [0.717, 1.165) is 52.1 Å². The Morgan fingerprint density at radius 1 is 1.00 bits per heavy atom. The van der Waals surface area contributed by atoms with E-state index in [2.05, 4.69) is 15.1 Å². The molecule has 27 heavy (non-hydrogen) atoms. The van der Waals surface area contributed by atoms with Crippen molar-refractivity contribution in [2.24, 2.45) is 0 Å². The summed E-state index contributed by atoms with van der Waals surface area (Å²) in [6.07, 6.45) is 3.45. The number of nitrogens with zero attached hydrogens (tertiary/aromatic N) is 3. The summed E-state index contributed by atoms with van der Waals surface area (Å²) in [4.78, 5) is 31.1. The third-order valence-corrected chi connectivity index (χ3v) is 5.51. The molecule has 2 saturated heterocycles. The summed E-state index contributed by atoms with van der Waals surface area (Å²) >= 11 is 0. The van der Waals surface area contributed by atoms with Crippen LogP contribution in [0, 0.1) is 5.82 Å². The number of rotatable bonds is 5. The van der Waals surface area contributed by atoms with Gasteiger partial charge in [-0.1, -0.05) is 0 Å². The lowest BCUT2D eigenvalue weighted by atomic mass is 10.1. The summed E-state index contributed by atoms with van der Waals surface area (Å²) in [6, 6.07) is 5.51. The van der Waals surface area contributed by atoms with Crippen LogP contribution in [0.25, 0.3) is 0 Å². The number of halogens is 1. The van der Waals surface area contributed by atoms with Crippen LogP contribution in [0.2, 0.25) is 0 Å². The Labute approximate surface area is 160 Å². The van der Waals surface area contributed by atoms with Gasteiger partial charge in [-0.25, -0.2) is 4.39 Å². The van der Waals surface area contributed by atoms with Crippen molar-refractivity contribution in [3.05, 3.63) is 30.1 Å². The minimum Gasteiger partial charge on any atom is -0.342 e. The summed E-state index contributed by atoms with van der Waals surface area (Å²) < 4.78 is 13.0. The van der Waals surface area contributed by atoms with E-state index in [-0.39, 0.29) is 23.7 Å². The number of benzene rings is 1. The van der Waals surface area contributed by atoms with Crippen molar-refractivity contribution in [1.29, 1.82) is 0 Å². The fraction of sp³-hybridized carbons (Fsp3) is 0.600. The monoisotopic (exact) mass is 376 g/mol. The van der Waals surface area contributed by atoms with E-state index in [1.807, 2.05) is 11.8 Å². The molecule has 0 saturated carbocycles. The maximum absolute atomic E-state index is 13.0. The SMILES string of the molecule is CC(C(=O)Nc1ccc(F)cc1)N1CCN(CC(=O)N2CCCCC2)CC1. The first-order valence-corrected chi connectivity index (χ1v) is 9.83. The minimum absolute atomic E-state index is 0.0977. The molecular formula is C20H29FN4O2. The van der Waals surface area contributed by atoms with E-state index in [1.54, 1.807) is 12.1 Å². The van der Waals surface area contributed by atoms with Gasteiger partial charge in [-0.05, 0) is 50.5 Å². The average molecular weight is 376 g/mol. The van der Waals surface area contributed by atoms with Crippen molar-refractivity contribution >= 4 is 17.5 Å². The number of likely N-dealkylation sites (tertiary alicyclic amines) is 1. The number of piperazine rings is 1. The van der Waals surface area contributed by atoms with Crippen molar-refractivity contribution in [3.63, 3.8) is 0 Å². The molecule has 1 unspecified atom stereocenters. The Morgan fingerprint density at radius 3 is 2.26 bits per heavy atom. The number of piperidine rings is 1. The highest BCUT2D eigenvalue weighted by Crippen LogP contribution is 2.13. The summed E-state index contributed by atoms with van der Waals surface area (Å²) in [5.41, 5.74) is 0.596. The Morgan fingerprint density at radius 2 is 1.63 bits per heavy atom. The van der Waals surface area contributed by atoms with Gasteiger partial charge in [0.25, 0.3) is 0 Å². The third kappa shape index (κ3) is 5.49. The molecule has 2 aliphatic heterocycles. The second-order valence-corrected chi connectivity index (χ2v) is 7.43. The van der Waals surface area contributed by atoms with Crippen LogP contribution in [0.5, 0.6) is 0 Å². The van der Waals surface area contributed by atoms with Gasteiger partial charge in [0.2, 0.25) is 11.8 Å². The van der Waals surface area contributed by atoms with Crippen LogP contribution in [0.1, 0.15) is 26.2 Å². The van der Waals surface area contributed by atoms with Crippen LogP contribution in [-0.2, 0) is 9.59 Å². The molecule has 2 heterocycles. The van der Waals surface area contributed by atoms with Crippen LogP contribution in [0.15, 0.2) is 24.3 Å². The molecule has 0 spiro atoms. The summed E-state index contributed by atoms with van der Waals surface area (Å²) in [6.45, 7) is 7.22. The molecule has 0 aromatic heterocycles. The van der Waals surface area contributed by atoms with Crippen molar-refractivity contribution in [3.8, 4) is 0 Å². The third-order valence-electron chi connectivity index (χ3n) is 5.51. The molecule has 148 valence electrons. The Balaban J connectivity index is 1.43. The van der Waals surface area contributed by atoms with E-state index in [0.29, 0.717) is 12.2 Å². The van der Waals surface area contributed by atoms with Crippen molar-refractivity contribution in [2.45, 2.75) is 32.2 Å². The van der Waals surface area contributed by atoms with Gasteiger partial charge in [-0.2, -0.15) is 0 Å². The standard InChI is InChI=1S/C20H29FN4O2/c1-16(20(27)22-18-7-5-17(21)6-8-18)24-13-11-23(12-14-24)15-19(26)25-9-3-2-4-10-25/h5-8,16H,2-4,9-15H2,1H3,(H,22,27). The van der Waals surface area contributed by atoms with Crippen LogP contribution in [-0.4, -0.2) is 78.4 Å². The topological polar surface area (TPSA) is 55.9 Å². The number of carbonyl (C=O) groups excluding carboxylic acids is 2. The quantitative estimate of drug-likeness (QED) is 0.851. The van der Waals surface area contributed by atoms with Gasteiger partial charge in [0.1, 0.15) is 5.82 Å². The molecule has 6 nitrogen and oxygen atoms in total. The Bertz CT molecular complexity index is 638. The molecule has 2 amide bonds. The van der Waals surface area contributed by atoms with Gasteiger partial charge in [-0.3, -0.25) is 19.4 Å². The second kappa shape index (κ2) is 9.28. The summed E-state index contributed by atoms with van der Waals surface area (Å²) in [5.74, 6) is -0.194. The number of hydrogen-bond acceptors (Lipinski definition) is 4. The normalized spacial score (nSPS) is 20.3. The molecular weight excluding hydrogens is 347 g/mol. The lowest BCUT2D eigenvalue weighted by Crippen LogP contribution is -2.54. The van der Waals surface area contributed by atoms with E-state index in [4.69, 9.17) is 0 Å². The van der Waals surface area contributed by atoms with E-state index in [1.165, 1.54) is 18.6 Å². The molecule has 0 radical (unpaired) electrons. The fourth-order valence-electron chi connectivity index (χ4n) is 3.69. The van der Waals surface area contributed by atoms with Gasteiger partial charge in [0.15, 0.2) is 0 Å². The molecule has 1 aromatic rings. The van der Waals surface area contributed by atoms with Crippen LogP contribution < -0.4 is 5.32 Å². The summed E-state index contributed by atoms with van der Waals surface area (Å²) in [7, 11) is 0. The number of carbonyl (C=O) groups is 2. The first-order valence-electron chi connectivity index (χ1n) is 9.83. The zero-order valence-corrected chi connectivity index (χ0v) is 16.0. The zero-order valence-electron chi connectivity index (χ0n) is 16.0. The lowest BCUT2D eigenvalue weighted by molar-refractivity contribution is -0.134. The van der Waals surface area contributed by atoms with Crippen molar-refractivity contribution in [2.75, 3.05) is 51.1 Å². The largest absolute Gasteiger partial charge is 0.342 e. The maximum atomic E-state index is 13.0. The highest BCUT2D eigenvalue weighted by Gasteiger charge is 2.27. The summed E-state index contributed by atoms with van der Waals surface area (Å²) in [5, 5.41) is 2.83. The molecule has 1 N–H and O–H groups in total. The molecule has 3 rings (SSSR count). The molecule has 1 atom stereocenters. The molecule has 0 aliphatic carbocycles. The highest BCUT2D eigenvalue weighted by molar-refractivity contribution is 5.94. The van der Waals surface area contributed by atoms with Gasteiger partial charge in [-0.15, -0.1) is 0 Å². The van der Waals surface area contributed by atoms with E-state index >= 15 is 0 Å². The average Bonchev–Trinajstić information content (AvgIpc) is 2.70. The first kappa shape index (κ1) is 19.8. The smallest absolute Gasteiger partial charge is 0.241 e. The lowest BCUT2D eigenvalue weighted by Gasteiger charge is -2.38. The maximum Gasteiger partial charge on any atom is 0.241 e. The van der Waals surface area contributed by atoms with Gasteiger partial charge >= 0.3 is 0 Å². The predicted molar refractivity (Wildman–Crippen MR) is 103 cm³/mol. The van der Waals surface area contributed by atoms with Gasteiger partial charge in [0.05, 0.1) is 12.6 Å². The van der Waals surface area contributed by atoms with E-state index in [9.17, 15) is 14.0 Å². The number of hydrogen-bond donors (Lipinski definition) is 1. The Hall–Kier alpha value is -1.99. The molecule has 2 aliphatic rings. The van der Waals surface area contributed by atoms with E-state index < -0.39 is 0 Å². The minimum atomic E-state index is -0.323. The van der Waals surface area contributed by atoms with Crippen LogP contribution in [0.3, 0.4) is 0 Å². The van der Waals surface area contributed by atoms with Gasteiger partial charge < -0.3 is 10.2 Å². The molecule has 2 fully saturated rings. The Kier molecular flexibility index (Phi) is 6.79.